The van der Waals surface area contributed by atoms with Gasteiger partial charge in [-0.25, -0.2) is 0 Å². The molecule has 0 aliphatic heterocycles. The van der Waals surface area contributed by atoms with Crippen LogP contribution in [-0.2, 0) is 0 Å². The third-order valence-corrected chi connectivity index (χ3v) is 3.08. The van der Waals surface area contributed by atoms with Gasteiger partial charge in [-0.05, 0) is 37.1 Å². The van der Waals surface area contributed by atoms with Crippen molar-refractivity contribution in [1.29, 1.82) is 0 Å². The van der Waals surface area contributed by atoms with E-state index in [4.69, 9.17) is 24.4 Å². The van der Waals surface area contributed by atoms with Crippen LogP contribution in [0, 0.1) is 23.1 Å². The molecule has 2 N–H and O–H groups in total. The van der Waals surface area contributed by atoms with Gasteiger partial charge in [-0.1, -0.05) is 24.4 Å². The summed E-state index contributed by atoms with van der Waals surface area (Å²) in [5, 5.41) is 0. The minimum Gasteiger partial charge on any atom is -0.342 e. The fourth-order valence-electron chi connectivity index (χ4n) is 1.38. The van der Waals surface area contributed by atoms with Crippen molar-refractivity contribution in [3.05, 3.63) is 32.5 Å². The third kappa shape index (κ3) is 1.51. The van der Waals surface area contributed by atoms with Crippen LogP contribution in [0.3, 0.4) is 0 Å². The Labute approximate surface area is 92.0 Å². The van der Waals surface area contributed by atoms with Crippen molar-refractivity contribution in [2.45, 2.75) is 13.8 Å². The summed E-state index contributed by atoms with van der Waals surface area (Å²) in [7, 11) is 0. The molecule has 0 aliphatic carbocycles. The van der Waals surface area contributed by atoms with E-state index in [1.165, 1.54) is 11.1 Å². The Hall–Kier alpha value is -1.00. The average molecular weight is 222 g/mol. The molecule has 0 fully saturated rings. The van der Waals surface area contributed by atoms with Crippen LogP contribution in [0.1, 0.15) is 11.1 Å². The molecule has 0 radical (unpaired) electrons. The summed E-state index contributed by atoms with van der Waals surface area (Å²) in [5.41, 5.74) is 4.50. The second-order valence-electron chi connectivity index (χ2n) is 3.39. The van der Waals surface area contributed by atoms with Crippen molar-refractivity contribution >= 4 is 35.5 Å². The molecule has 1 aromatic carbocycles. The molecular weight excluding hydrogens is 212 g/mol. The first-order valence-corrected chi connectivity index (χ1v) is 5.13. The molecule has 1 heterocycles. The predicted molar refractivity (Wildman–Crippen MR) is 63.8 cm³/mol. The minimum absolute atomic E-state index is 0.593. The normalized spacial score (nSPS) is 10.7. The molecule has 0 atom stereocenters. The molecule has 0 amide bonds. The van der Waals surface area contributed by atoms with Gasteiger partial charge in [-0.2, -0.15) is 0 Å². The van der Waals surface area contributed by atoms with Crippen LogP contribution >= 0.6 is 24.4 Å². The van der Waals surface area contributed by atoms with Gasteiger partial charge in [-0.3, -0.25) is 0 Å². The number of rotatable bonds is 0. The van der Waals surface area contributed by atoms with E-state index in [1.54, 1.807) is 0 Å². The number of fused-ring (bicyclic) bond motifs is 1. The minimum atomic E-state index is 0.593. The number of hydrogen-bond acceptors (Lipinski definition) is 2. The molecule has 72 valence electrons. The summed E-state index contributed by atoms with van der Waals surface area (Å²) in [6.07, 6.45) is 0. The third-order valence-electron chi connectivity index (χ3n) is 2.34. The van der Waals surface area contributed by atoms with Gasteiger partial charge in [0.25, 0.3) is 0 Å². The Morgan fingerprint density at radius 1 is 0.857 bits per heavy atom. The van der Waals surface area contributed by atoms with Gasteiger partial charge in [-0.15, -0.1) is 0 Å². The van der Waals surface area contributed by atoms with E-state index < -0.39 is 0 Å². The highest BCUT2D eigenvalue weighted by atomic mass is 32.1. The van der Waals surface area contributed by atoms with Crippen molar-refractivity contribution in [3.63, 3.8) is 0 Å². The first-order valence-electron chi connectivity index (χ1n) is 4.31. The van der Waals surface area contributed by atoms with E-state index in [9.17, 15) is 0 Å². The fraction of sp³-hybridized carbons (Fsp3) is 0.200. The molecule has 0 bridgehead atoms. The van der Waals surface area contributed by atoms with Gasteiger partial charge in [0, 0.05) is 0 Å². The van der Waals surface area contributed by atoms with E-state index in [0.29, 0.717) is 9.28 Å². The maximum absolute atomic E-state index is 5.07. The Morgan fingerprint density at radius 2 is 1.21 bits per heavy atom. The van der Waals surface area contributed by atoms with E-state index in [-0.39, 0.29) is 0 Å². The largest absolute Gasteiger partial charge is 0.342 e. The van der Waals surface area contributed by atoms with Crippen LogP contribution < -0.4 is 0 Å². The lowest BCUT2D eigenvalue weighted by molar-refractivity contribution is 1.22. The molecule has 2 aromatic rings. The zero-order valence-electron chi connectivity index (χ0n) is 7.97. The summed E-state index contributed by atoms with van der Waals surface area (Å²) in [6, 6.07) is 4.15. The Bertz CT molecular complexity index is 553. The fourth-order valence-corrected chi connectivity index (χ4v) is 1.70. The second-order valence-corrected chi connectivity index (χ2v) is 4.21. The lowest BCUT2D eigenvalue weighted by Gasteiger charge is -2.03. The van der Waals surface area contributed by atoms with Crippen molar-refractivity contribution in [3.8, 4) is 0 Å². The number of nitrogens with one attached hydrogen (secondary N) is 2. The first-order chi connectivity index (χ1) is 6.58. The number of aromatic nitrogens is 2. The van der Waals surface area contributed by atoms with Crippen LogP contribution in [0.5, 0.6) is 0 Å². The lowest BCUT2D eigenvalue weighted by Crippen LogP contribution is -1.89. The molecule has 2 nitrogen and oxygen atoms in total. The average Bonchev–Trinajstić information content (AvgIpc) is 2.11. The Balaban J connectivity index is 2.97. The van der Waals surface area contributed by atoms with Gasteiger partial charge in [0.05, 0.1) is 11.0 Å². The highest BCUT2D eigenvalue weighted by molar-refractivity contribution is 7.73. The number of aryl methyl sites for hydroxylation is 2. The lowest BCUT2D eigenvalue weighted by atomic mass is 10.1. The zero-order valence-corrected chi connectivity index (χ0v) is 9.60. The zero-order chi connectivity index (χ0) is 10.3. The number of H-pyrrole nitrogens is 2. The quantitative estimate of drug-likeness (QED) is 0.668. The summed E-state index contributed by atoms with van der Waals surface area (Å²) >= 11 is 10.1. The number of hydrogen-bond donors (Lipinski definition) is 2. The predicted octanol–water partition coefficient (Wildman–Crippen LogP) is 3.57. The van der Waals surface area contributed by atoms with Crippen molar-refractivity contribution in [1.82, 2.24) is 9.97 Å². The standard InChI is InChI=1S/C10H10N2S2/c1-5-3-7-8(4-6(5)2)12-10(14)9(13)11-7/h3-4H,1-2H3,(H,11,13)(H,12,14). The van der Waals surface area contributed by atoms with Gasteiger partial charge >= 0.3 is 0 Å². The summed E-state index contributed by atoms with van der Waals surface area (Å²) < 4.78 is 1.19. The molecule has 0 unspecified atom stereocenters. The van der Waals surface area contributed by atoms with Crippen LogP contribution in [0.15, 0.2) is 12.1 Å². The van der Waals surface area contributed by atoms with E-state index >= 15 is 0 Å². The Kier molecular flexibility index (Phi) is 2.25. The van der Waals surface area contributed by atoms with E-state index in [1.807, 2.05) is 0 Å². The molecule has 0 saturated carbocycles. The van der Waals surface area contributed by atoms with Gasteiger partial charge in [0.15, 0.2) is 0 Å². The van der Waals surface area contributed by atoms with Crippen LogP contribution in [0.25, 0.3) is 11.0 Å². The maximum Gasteiger partial charge on any atom is 0.138 e. The monoisotopic (exact) mass is 222 g/mol. The second kappa shape index (κ2) is 3.29. The number of benzene rings is 1. The molecule has 0 aliphatic rings. The van der Waals surface area contributed by atoms with Gasteiger partial charge in [0.1, 0.15) is 9.28 Å². The van der Waals surface area contributed by atoms with Gasteiger partial charge in [0.2, 0.25) is 0 Å². The molecule has 0 saturated heterocycles. The maximum atomic E-state index is 5.07. The van der Waals surface area contributed by atoms with Crippen LogP contribution in [0.4, 0.5) is 0 Å². The highest BCUT2D eigenvalue weighted by Crippen LogP contribution is 2.15. The van der Waals surface area contributed by atoms with Crippen LogP contribution in [-0.4, -0.2) is 9.97 Å². The topological polar surface area (TPSA) is 31.6 Å². The van der Waals surface area contributed by atoms with E-state index in [0.717, 1.165) is 11.0 Å². The Morgan fingerprint density at radius 3 is 1.57 bits per heavy atom. The molecule has 4 heteroatoms. The van der Waals surface area contributed by atoms with Crippen LogP contribution in [0.2, 0.25) is 0 Å². The smallest absolute Gasteiger partial charge is 0.138 e. The van der Waals surface area contributed by atoms with E-state index in [2.05, 4.69) is 35.9 Å². The molecule has 14 heavy (non-hydrogen) atoms. The van der Waals surface area contributed by atoms with Crippen molar-refractivity contribution in [2.24, 2.45) is 0 Å². The summed E-state index contributed by atoms with van der Waals surface area (Å²) in [6.45, 7) is 4.15. The van der Waals surface area contributed by atoms with Gasteiger partial charge < -0.3 is 9.97 Å². The molecule has 1 aromatic heterocycles. The first kappa shape index (κ1) is 9.55. The summed E-state index contributed by atoms with van der Waals surface area (Å²) in [5.74, 6) is 0. The molecular formula is C10H10N2S2. The number of aromatic amines is 2. The van der Waals surface area contributed by atoms with Crippen molar-refractivity contribution < 1.29 is 0 Å². The molecule has 0 spiro atoms. The summed E-state index contributed by atoms with van der Waals surface area (Å²) in [4.78, 5) is 6.21. The highest BCUT2D eigenvalue weighted by Gasteiger charge is 1.98. The van der Waals surface area contributed by atoms with Crippen molar-refractivity contribution in [2.75, 3.05) is 0 Å². The molecule has 2 rings (SSSR count). The SMILES string of the molecule is Cc1cc2[nH]c(=S)c(=S)[nH]c2cc1C.